The molecule has 3 heteroatoms. The van der Waals surface area contributed by atoms with Gasteiger partial charge in [0.25, 0.3) is 0 Å². The second-order valence-electron chi connectivity index (χ2n) is 4.16. The molecule has 0 bridgehead atoms. The van der Waals surface area contributed by atoms with Crippen LogP contribution in [0.5, 0.6) is 0 Å². The number of likely N-dealkylation sites (N-methyl/N-ethyl adjacent to an activating group) is 1. The van der Waals surface area contributed by atoms with E-state index in [1.807, 2.05) is 0 Å². The lowest BCUT2D eigenvalue weighted by Gasteiger charge is -2.18. The summed E-state index contributed by atoms with van der Waals surface area (Å²) in [6.07, 6.45) is 0. The highest BCUT2D eigenvalue weighted by molar-refractivity contribution is 6.17. The third-order valence-electron chi connectivity index (χ3n) is 2.97. The van der Waals surface area contributed by atoms with Crippen molar-refractivity contribution >= 4 is 11.6 Å². The minimum Gasteiger partial charge on any atom is -0.311 e. The number of alkyl halides is 1. The molecule has 0 aliphatic carbocycles. The number of hydrogen-bond acceptors (Lipinski definition) is 2. The average molecular weight is 255 g/mol. The van der Waals surface area contributed by atoms with Gasteiger partial charge in [0.15, 0.2) is 0 Å². The Morgan fingerprint density at radius 3 is 2.53 bits per heavy atom. The van der Waals surface area contributed by atoms with Crippen molar-refractivity contribution < 1.29 is 0 Å². The third kappa shape index (κ3) is 5.53. The average Bonchev–Trinajstić information content (AvgIpc) is 2.39. The van der Waals surface area contributed by atoms with Crippen molar-refractivity contribution in [1.82, 2.24) is 10.2 Å². The van der Waals surface area contributed by atoms with E-state index >= 15 is 0 Å². The van der Waals surface area contributed by atoms with Gasteiger partial charge in [-0.2, -0.15) is 0 Å². The van der Waals surface area contributed by atoms with Crippen LogP contribution in [0.1, 0.15) is 25.0 Å². The second-order valence-corrected chi connectivity index (χ2v) is 4.42. The molecule has 0 amide bonds. The molecule has 0 heterocycles. The maximum Gasteiger partial charge on any atom is 0.0474 e. The molecule has 0 saturated carbocycles. The molecule has 1 N–H and O–H groups in total. The number of benzene rings is 1. The van der Waals surface area contributed by atoms with E-state index in [-0.39, 0.29) is 0 Å². The molecular formula is C14H23ClN2. The van der Waals surface area contributed by atoms with E-state index < -0.39 is 0 Å². The lowest BCUT2D eigenvalue weighted by Crippen LogP contribution is -2.31. The van der Waals surface area contributed by atoms with Crippen molar-refractivity contribution in [3.05, 3.63) is 35.4 Å². The molecule has 0 radical (unpaired) electrons. The monoisotopic (exact) mass is 254 g/mol. The van der Waals surface area contributed by atoms with Gasteiger partial charge < -0.3 is 10.2 Å². The minimum atomic E-state index is 0.591. The zero-order chi connectivity index (χ0) is 12.5. The van der Waals surface area contributed by atoms with Gasteiger partial charge >= 0.3 is 0 Å². The van der Waals surface area contributed by atoms with Gasteiger partial charge in [0, 0.05) is 25.5 Å². The molecule has 1 aromatic carbocycles. The lowest BCUT2D eigenvalue weighted by atomic mass is 10.1. The molecule has 0 aliphatic rings. The first-order chi connectivity index (χ1) is 8.30. The standard InChI is InChI=1S/C14H23ClN2/c1-3-17(4-2)9-8-16-12-14-7-5-6-13(10-14)11-15/h5-7,10,16H,3-4,8-9,11-12H2,1-2H3. The fourth-order valence-electron chi connectivity index (χ4n) is 1.83. The zero-order valence-electron chi connectivity index (χ0n) is 10.9. The van der Waals surface area contributed by atoms with Crippen LogP contribution in [0.15, 0.2) is 24.3 Å². The summed E-state index contributed by atoms with van der Waals surface area (Å²) in [6, 6.07) is 8.43. The fourth-order valence-corrected chi connectivity index (χ4v) is 2.00. The summed E-state index contributed by atoms with van der Waals surface area (Å²) in [4.78, 5) is 2.42. The second kappa shape index (κ2) is 8.51. The molecule has 0 aromatic heterocycles. The Morgan fingerprint density at radius 1 is 1.18 bits per heavy atom. The zero-order valence-corrected chi connectivity index (χ0v) is 11.6. The molecule has 0 unspecified atom stereocenters. The Bertz CT molecular complexity index is 311. The van der Waals surface area contributed by atoms with E-state index in [4.69, 9.17) is 11.6 Å². The Balaban J connectivity index is 2.26. The molecule has 1 rings (SSSR count). The largest absolute Gasteiger partial charge is 0.311 e. The normalized spacial score (nSPS) is 11.1. The van der Waals surface area contributed by atoms with E-state index in [0.29, 0.717) is 5.88 Å². The number of rotatable bonds is 8. The summed E-state index contributed by atoms with van der Waals surface area (Å²) in [6.45, 7) is 9.72. The van der Waals surface area contributed by atoms with Gasteiger partial charge in [-0.3, -0.25) is 0 Å². The van der Waals surface area contributed by atoms with E-state index in [1.54, 1.807) is 0 Å². The van der Waals surface area contributed by atoms with Gasteiger partial charge in [-0.05, 0) is 24.2 Å². The Hall–Kier alpha value is -0.570. The van der Waals surface area contributed by atoms with Crippen molar-refractivity contribution in [1.29, 1.82) is 0 Å². The number of nitrogens with one attached hydrogen (secondary N) is 1. The van der Waals surface area contributed by atoms with E-state index in [1.165, 1.54) is 11.1 Å². The predicted molar refractivity (Wildman–Crippen MR) is 75.5 cm³/mol. The van der Waals surface area contributed by atoms with Crippen LogP contribution in [0, 0.1) is 0 Å². The third-order valence-corrected chi connectivity index (χ3v) is 3.28. The van der Waals surface area contributed by atoms with Crippen LogP contribution >= 0.6 is 11.6 Å². The number of halogens is 1. The van der Waals surface area contributed by atoms with Crippen LogP contribution in [0.4, 0.5) is 0 Å². The quantitative estimate of drug-likeness (QED) is 0.567. The van der Waals surface area contributed by atoms with Crippen molar-refractivity contribution in [2.75, 3.05) is 26.2 Å². The highest BCUT2D eigenvalue weighted by Crippen LogP contribution is 2.07. The molecule has 1 aromatic rings. The molecular weight excluding hydrogens is 232 g/mol. The summed E-state index contributed by atoms with van der Waals surface area (Å²) >= 11 is 5.81. The Kier molecular flexibility index (Phi) is 7.25. The maximum absolute atomic E-state index is 5.81. The van der Waals surface area contributed by atoms with E-state index in [9.17, 15) is 0 Å². The number of nitrogens with zero attached hydrogens (tertiary/aromatic N) is 1. The topological polar surface area (TPSA) is 15.3 Å². The first-order valence-corrected chi connectivity index (χ1v) is 6.90. The molecule has 0 saturated heterocycles. The molecule has 0 spiro atoms. The van der Waals surface area contributed by atoms with Crippen molar-refractivity contribution in [3.8, 4) is 0 Å². The van der Waals surface area contributed by atoms with Crippen molar-refractivity contribution in [3.63, 3.8) is 0 Å². The highest BCUT2D eigenvalue weighted by atomic mass is 35.5. The molecule has 0 fully saturated rings. The van der Waals surface area contributed by atoms with Crippen LogP contribution < -0.4 is 5.32 Å². The fraction of sp³-hybridized carbons (Fsp3) is 0.571. The minimum absolute atomic E-state index is 0.591. The summed E-state index contributed by atoms with van der Waals surface area (Å²) in [5.74, 6) is 0.591. The van der Waals surface area contributed by atoms with Gasteiger partial charge in [-0.25, -0.2) is 0 Å². The summed E-state index contributed by atoms with van der Waals surface area (Å²) in [5, 5.41) is 3.47. The summed E-state index contributed by atoms with van der Waals surface area (Å²) in [7, 11) is 0. The maximum atomic E-state index is 5.81. The summed E-state index contributed by atoms with van der Waals surface area (Å²) < 4.78 is 0. The van der Waals surface area contributed by atoms with Gasteiger partial charge in [0.2, 0.25) is 0 Å². The van der Waals surface area contributed by atoms with Gasteiger partial charge in [0.05, 0.1) is 0 Å². The van der Waals surface area contributed by atoms with Crippen molar-refractivity contribution in [2.45, 2.75) is 26.3 Å². The van der Waals surface area contributed by atoms with Gasteiger partial charge in [-0.15, -0.1) is 11.6 Å². The van der Waals surface area contributed by atoms with Gasteiger partial charge in [0.1, 0.15) is 0 Å². The Labute approximate surface area is 110 Å². The first-order valence-electron chi connectivity index (χ1n) is 6.37. The lowest BCUT2D eigenvalue weighted by molar-refractivity contribution is 0.302. The molecule has 0 aliphatic heterocycles. The van der Waals surface area contributed by atoms with Crippen LogP contribution in [-0.4, -0.2) is 31.1 Å². The smallest absolute Gasteiger partial charge is 0.0474 e. The van der Waals surface area contributed by atoms with Crippen LogP contribution in [-0.2, 0) is 12.4 Å². The molecule has 96 valence electrons. The predicted octanol–water partition coefficient (Wildman–Crippen LogP) is 2.86. The van der Waals surface area contributed by atoms with Crippen LogP contribution in [0.3, 0.4) is 0 Å². The van der Waals surface area contributed by atoms with E-state index in [0.717, 1.165) is 32.7 Å². The molecule has 2 nitrogen and oxygen atoms in total. The molecule has 0 atom stereocenters. The van der Waals surface area contributed by atoms with E-state index in [2.05, 4.69) is 48.3 Å². The first kappa shape index (κ1) is 14.5. The van der Waals surface area contributed by atoms with Crippen LogP contribution in [0.2, 0.25) is 0 Å². The SMILES string of the molecule is CCN(CC)CCNCc1cccc(CCl)c1. The van der Waals surface area contributed by atoms with Gasteiger partial charge in [-0.1, -0.05) is 38.1 Å². The highest BCUT2D eigenvalue weighted by Gasteiger charge is 1.98. The summed E-state index contributed by atoms with van der Waals surface area (Å²) in [5.41, 5.74) is 2.50. The Morgan fingerprint density at radius 2 is 1.88 bits per heavy atom. The number of hydrogen-bond donors (Lipinski definition) is 1. The van der Waals surface area contributed by atoms with Crippen molar-refractivity contribution in [2.24, 2.45) is 0 Å². The molecule has 17 heavy (non-hydrogen) atoms. The van der Waals surface area contributed by atoms with Crippen LogP contribution in [0.25, 0.3) is 0 Å².